The van der Waals surface area contributed by atoms with Gasteiger partial charge in [-0.25, -0.2) is 8.60 Å². The zero-order valence-corrected chi connectivity index (χ0v) is 9.50. The third-order valence-electron chi connectivity index (χ3n) is 2.49. The maximum absolute atomic E-state index is 12.7. The summed E-state index contributed by atoms with van der Waals surface area (Å²) >= 11 is 0. The Balaban J connectivity index is 3.40. The second-order valence-electron chi connectivity index (χ2n) is 4.07. The van der Waals surface area contributed by atoms with Gasteiger partial charge in [-0.15, -0.1) is 0 Å². The molecule has 0 fully saturated rings. The van der Waals surface area contributed by atoms with Gasteiger partial charge >= 0.3 is 0 Å². The number of hydrogen-bond acceptors (Lipinski definition) is 1. The van der Waals surface area contributed by atoms with E-state index in [4.69, 9.17) is 0 Å². The van der Waals surface area contributed by atoms with E-state index in [9.17, 15) is 17.7 Å². The lowest BCUT2D eigenvalue weighted by atomic mass is 10.2. The van der Waals surface area contributed by atoms with E-state index in [1.165, 1.54) is 38.1 Å². The molecule has 0 atom stereocenters. The summed E-state index contributed by atoms with van der Waals surface area (Å²) in [4.78, 5) is -0.155. The smallest absolute Gasteiger partial charge is 0.116 e. The topological polar surface area (TPSA) is 57.5 Å². The highest BCUT2D eigenvalue weighted by Gasteiger charge is 2.49. The molecule has 0 radical (unpaired) electrons. The van der Waals surface area contributed by atoms with Gasteiger partial charge in [-0.2, -0.15) is 0 Å². The Bertz CT molecular complexity index is 408. The molecule has 0 amide bonds. The molecule has 5 heteroatoms. The fraction of sp³-hybridized carbons (Fsp3) is 0.400. The van der Waals surface area contributed by atoms with Crippen LogP contribution in [0.5, 0.6) is 0 Å². The van der Waals surface area contributed by atoms with Gasteiger partial charge in [-0.3, -0.25) is 0 Å². The standard InChI is InChI=1S/C10H15FO3S/c1-10(2,8-11)15(12,13,14)9-6-4-3-5-7-9/h3-7H,8H2,1-2H3,(H2,12,13,14). The van der Waals surface area contributed by atoms with Crippen LogP contribution in [0.1, 0.15) is 13.8 Å². The second-order valence-corrected chi connectivity index (χ2v) is 7.38. The monoisotopic (exact) mass is 234 g/mol. The Morgan fingerprint density at radius 1 is 1.27 bits per heavy atom. The van der Waals surface area contributed by atoms with E-state index >= 15 is 0 Å². The predicted octanol–water partition coefficient (Wildman–Crippen LogP) is 2.56. The molecule has 0 bridgehead atoms. The molecule has 1 aromatic rings. The van der Waals surface area contributed by atoms with Crippen LogP contribution in [0.3, 0.4) is 0 Å². The molecule has 0 aliphatic rings. The molecule has 2 N–H and O–H groups in total. The molecule has 0 aliphatic carbocycles. The molecule has 0 aliphatic heterocycles. The van der Waals surface area contributed by atoms with Gasteiger partial charge in [0.25, 0.3) is 0 Å². The van der Waals surface area contributed by atoms with Crippen molar-refractivity contribution in [3.8, 4) is 0 Å². The molecule has 15 heavy (non-hydrogen) atoms. The Hall–Kier alpha value is -0.780. The van der Waals surface area contributed by atoms with Gasteiger partial charge in [-0.1, -0.05) is 18.2 Å². The summed E-state index contributed by atoms with van der Waals surface area (Å²) in [5, 5.41) is 0. The Labute approximate surface area is 88.4 Å². The van der Waals surface area contributed by atoms with Crippen LogP contribution in [-0.4, -0.2) is 24.7 Å². The van der Waals surface area contributed by atoms with Crippen molar-refractivity contribution >= 4 is 9.63 Å². The van der Waals surface area contributed by atoms with Crippen LogP contribution >= 0.6 is 0 Å². The Morgan fingerprint density at radius 3 is 2.13 bits per heavy atom. The highest BCUT2D eigenvalue weighted by molar-refractivity contribution is 8.11. The van der Waals surface area contributed by atoms with E-state index in [0.29, 0.717) is 0 Å². The second kappa shape index (κ2) is 3.37. The third-order valence-corrected chi connectivity index (χ3v) is 5.71. The number of rotatable bonds is 3. The highest BCUT2D eigenvalue weighted by Crippen LogP contribution is 2.41. The minimum atomic E-state index is -5.14. The van der Waals surface area contributed by atoms with Crippen molar-refractivity contribution in [2.24, 2.45) is 0 Å². The van der Waals surface area contributed by atoms with Crippen molar-refractivity contribution in [3.05, 3.63) is 30.3 Å². The first-order valence-corrected chi connectivity index (χ1v) is 6.35. The van der Waals surface area contributed by atoms with Gasteiger partial charge in [0, 0.05) is 0 Å². The van der Waals surface area contributed by atoms with E-state index < -0.39 is 21.0 Å². The fourth-order valence-electron chi connectivity index (χ4n) is 1.08. The van der Waals surface area contributed by atoms with Crippen LogP contribution in [0.4, 0.5) is 4.39 Å². The lowest BCUT2D eigenvalue weighted by Crippen LogP contribution is -2.52. The fourth-order valence-corrected chi connectivity index (χ4v) is 2.57. The minimum Gasteiger partial charge on any atom is -0.304 e. The van der Waals surface area contributed by atoms with Crippen molar-refractivity contribution in [3.63, 3.8) is 0 Å². The van der Waals surface area contributed by atoms with Crippen molar-refractivity contribution in [1.29, 1.82) is 0 Å². The molecule has 1 aromatic carbocycles. The zero-order valence-electron chi connectivity index (χ0n) is 8.68. The average molecular weight is 234 g/mol. The minimum absolute atomic E-state index is 0.155. The Morgan fingerprint density at radius 2 is 1.73 bits per heavy atom. The first kappa shape index (κ1) is 12.3. The van der Waals surface area contributed by atoms with Crippen LogP contribution in [0, 0.1) is 0 Å². The van der Waals surface area contributed by atoms with Crippen LogP contribution in [0.15, 0.2) is 35.2 Å². The molecular weight excluding hydrogens is 219 g/mol. The summed E-state index contributed by atoms with van der Waals surface area (Å²) in [5.41, 5.74) is 0. The van der Waals surface area contributed by atoms with Crippen molar-refractivity contribution < 1.29 is 17.7 Å². The van der Waals surface area contributed by atoms with Crippen molar-refractivity contribution in [2.45, 2.75) is 23.5 Å². The van der Waals surface area contributed by atoms with E-state index in [1.807, 2.05) is 0 Å². The average Bonchev–Trinajstić information content (AvgIpc) is 2.18. The number of alkyl halides is 1. The lowest BCUT2D eigenvalue weighted by molar-refractivity contribution is 0.315. The predicted molar refractivity (Wildman–Crippen MR) is 58.2 cm³/mol. The normalized spacial score (nSPS) is 15.7. The molecule has 1 rings (SSSR count). The van der Waals surface area contributed by atoms with Gasteiger partial charge in [0.15, 0.2) is 0 Å². The van der Waals surface area contributed by atoms with E-state index in [0.717, 1.165) is 0 Å². The van der Waals surface area contributed by atoms with Gasteiger partial charge in [0.1, 0.15) is 16.3 Å². The van der Waals surface area contributed by atoms with E-state index in [1.54, 1.807) is 6.07 Å². The van der Waals surface area contributed by atoms with Crippen LogP contribution in [0.2, 0.25) is 0 Å². The SMILES string of the molecule is CC(C)(CF)S(=O)(O)(O)c1ccccc1. The van der Waals surface area contributed by atoms with Crippen LogP contribution in [-0.2, 0) is 9.63 Å². The largest absolute Gasteiger partial charge is 0.304 e. The van der Waals surface area contributed by atoms with Gasteiger partial charge in [0.05, 0.1) is 9.64 Å². The van der Waals surface area contributed by atoms with Crippen LogP contribution < -0.4 is 0 Å². The molecule has 0 saturated carbocycles. The van der Waals surface area contributed by atoms with Gasteiger partial charge < -0.3 is 9.11 Å². The van der Waals surface area contributed by atoms with Crippen molar-refractivity contribution in [1.82, 2.24) is 0 Å². The van der Waals surface area contributed by atoms with Crippen LogP contribution in [0.25, 0.3) is 0 Å². The summed E-state index contributed by atoms with van der Waals surface area (Å²) in [6.45, 7) is 1.35. The van der Waals surface area contributed by atoms with E-state index in [2.05, 4.69) is 0 Å². The van der Waals surface area contributed by atoms with Crippen molar-refractivity contribution in [2.75, 3.05) is 6.67 Å². The quantitative estimate of drug-likeness (QED) is 0.845. The number of halogens is 1. The summed E-state index contributed by atoms with van der Waals surface area (Å²) in [7, 11) is -5.14. The molecular formula is C10H15FO3S. The Kier molecular flexibility index (Phi) is 2.76. The highest BCUT2D eigenvalue weighted by atomic mass is 32.3. The number of hydrogen-bond donors (Lipinski definition) is 2. The molecule has 86 valence electrons. The summed E-state index contributed by atoms with van der Waals surface area (Å²) < 4.78 is 42.8. The molecule has 0 saturated heterocycles. The van der Waals surface area contributed by atoms with Gasteiger partial charge in [-0.05, 0) is 26.0 Å². The molecule has 0 heterocycles. The number of benzene rings is 1. The molecule has 0 aromatic heterocycles. The third kappa shape index (κ3) is 1.82. The molecule has 0 spiro atoms. The summed E-state index contributed by atoms with van der Waals surface area (Å²) in [5.74, 6) is 0. The van der Waals surface area contributed by atoms with Gasteiger partial charge in [0.2, 0.25) is 0 Å². The van der Waals surface area contributed by atoms with E-state index in [-0.39, 0.29) is 4.90 Å². The first-order chi connectivity index (χ1) is 6.70. The maximum Gasteiger partial charge on any atom is 0.116 e. The zero-order chi connectivity index (χ0) is 11.8. The maximum atomic E-state index is 12.7. The molecule has 0 unspecified atom stereocenters. The lowest BCUT2D eigenvalue weighted by Gasteiger charge is -2.43. The summed E-state index contributed by atoms with van der Waals surface area (Å²) in [6.07, 6.45) is 0. The summed E-state index contributed by atoms with van der Waals surface area (Å²) in [6, 6.07) is 7.31. The first-order valence-electron chi connectivity index (χ1n) is 4.47. The molecule has 3 nitrogen and oxygen atoms in total.